The molecule has 0 bridgehead atoms. The second kappa shape index (κ2) is 4.69. The van der Waals surface area contributed by atoms with Crippen molar-refractivity contribution in [2.24, 2.45) is 0 Å². The smallest absolute Gasteiger partial charge is 0.336 e. The fourth-order valence-corrected chi connectivity index (χ4v) is 1.93. The number of hydrogen-bond acceptors (Lipinski definition) is 3. The maximum absolute atomic E-state index is 11.4. The molecule has 0 aliphatic carbocycles. The van der Waals surface area contributed by atoms with E-state index in [1.54, 1.807) is 12.1 Å². The van der Waals surface area contributed by atoms with E-state index in [-0.39, 0.29) is 11.4 Å². The van der Waals surface area contributed by atoms with Crippen LogP contribution in [0.3, 0.4) is 0 Å². The number of fused-ring (bicyclic) bond motifs is 1. The molecule has 2 rings (SSSR count). The zero-order chi connectivity index (χ0) is 13.3. The Labute approximate surface area is 105 Å². The van der Waals surface area contributed by atoms with Crippen LogP contribution in [0.15, 0.2) is 39.1 Å². The summed E-state index contributed by atoms with van der Waals surface area (Å²) in [4.78, 5) is 11.4. The lowest BCUT2D eigenvalue weighted by atomic mass is 10.0. The van der Waals surface area contributed by atoms with E-state index in [0.717, 1.165) is 16.5 Å². The number of phenols is 1. The number of hydrogen-bond donors (Lipinski definition) is 1. The lowest BCUT2D eigenvalue weighted by Gasteiger charge is -2.07. The van der Waals surface area contributed by atoms with E-state index in [2.05, 4.69) is 0 Å². The standard InChI is InChI=1S/C15H16O3/c1-9(2)4-5-12-13(16)7-6-11-10(3)8-14(17)18-15(11)12/h4,6-8,16H,5H2,1-3H3. The van der Waals surface area contributed by atoms with E-state index >= 15 is 0 Å². The molecular weight excluding hydrogens is 228 g/mol. The molecule has 3 heteroatoms. The fourth-order valence-electron chi connectivity index (χ4n) is 1.93. The summed E-state index contributed by atoms with van der Waals surface area (Å²) in [5, 5.41) is 10.8. The zero-order valence-electron chi connectivity index (χ0n) is 10.8. The van der Waals surface area contributed by atoms with Gasteiger partial charge in [0.05, 0.1) is 0 Å². The third-order valence-electron chi connectivity index (χ3n) is 2.91. The normalized spacial score (nSPS) is 10.6. The molecule has 0 unspecified atom stereocenters. The molecule has 1 aromatic carbocycles. The van der Waals surface area contributed by atoms with Crippen LogP contribution in [0, 0.1) is 6.92 Å². The van der Waals surface area contributed by atoms with Crippen molar-refractivity contribution >= 4 is 11.0 Å². The Bertz CT molecular complexity index is 674. The van der Waals surface area contributed by atoms with Gasteiger partial charge in [-0.1, -0.05) is 11.6 Å². The largest absolute Gasteiger partial charge is 0.508 e. The Hall–Kier alpha value is -2.03. The third kappa shape index (κ3) is 2.30. The van der Waals surface area contributed by atoms with Crippen molar-refractivity contribution in [2.75, 3.05) is 0 Å². The van der Waals surface area contributed by atoms with E-state index in [1.807, 2.05) is 26.8 Å². The molecule has 1 aromatic heterocycles. The second-order valence-electron chi connectivity index (χ2n) is 4.67. The van der Waals surface area contributed by atoms with Crippen LogP contribution in [-0.4, -0.2) is 5.11 Å². The average molecular weight is 244 g/mol. The first-order valence-electron chi connectivity index (χ1n) is 5.87. The van der Waals surface area contributed by atoms with Crippen LogP contribution in [0.4, 0.5) is 0 Å². The molecule has 0 aliphatic rings. The van der Waals surface area contributed by atoms with Gasteiger partial charge >= 0.3 is 5.63 Å². The summed E-state index contributed by atoms with van der Waals surface area (Å²) in [6.45, 7) is 5.84. The lowest BCUT2D eigenvalue weighted by molar-refractivity contribution is 0.466. The first kappa shape index (κ1) is 12.4. The fraction of sp³-hybridized carbons (Fsp3) is 0.267. The number of rotatable bonds is 2. The van der Waals surface area contributed by atoms with Gasteiger partial charge in [0.1, 0.15) is 11.3 Å². The minimum atomic E-state index is -0.385. The Balaban J connectivity index is 2.73. The van der Waals surface area contributed by atoms with Crippen LogP contribution >= 0.6 is 0 Å². The maximum atomic E-state index is 11.4. The quantitative estimate of drug-likeness (QED) is 0.651. The highest BCUT2D eigenvalue weighted by atomic mass is 16.4. The topological polar surface area (TPSA) is 50.4 Å². The van der Waals surface area contributed by atoms with Crippen molar-refractivity contribution < 1.29 is 9.52 Å². The zero-order valence-corrected chi connectivity index (χ0v) is 10.8. The summed E-state index contributed by atoms with van der Waals surface area (Å²) in [5.41, 5.74) is 2.78. The summed E-state index contributed by atoms with van der Waals surface area (Å²) in [6, 6.07) is 4.88. The summed E-state index contributed by atoms with van der Waals surface area (Å²) < 4.78 is 5.24. The number of aryl methyl sites for hydroxylation is 1. The molecule has 1 heterocycles. The molecule has 94 valence electrons. The van der Waals surface area contributed by atoms with Gasteiger partial charge in [0.25, 0.3) is 0 Å². The van der Waals surface area contributed by atoms with Crippen LogP contribution in [0.5, 0.6) is 5.75 Å². The average Bonchev–Trinajstić information content (AvgIpc) is 2.26. The van der Waals surface area contributed by atoms with E-state index in [1.165, 1.54) is 6.07 Å². The van der Waals surface area contributed by atoms with E-state index in [0.29, 0.717) is 17.6 Å². The molecule has 0 saturated heterocycles. The van der Waals surface area contributed by atoms with Crippen molar-refractivity contribution in [1.29, 1.82) is 0 Å². The Morgan fingerprint density at radius 2 is 2.11 bits per heavy atom. The lowest BCUT2D eigenvalue weighted by Crippen LogP contribution is -2.00. The van der Waals surface area contributed by atoms with Crippen LogP contribution < -0.4 is 5.63 Å². The minimum Gasteiger partial charge on any atom is -0.508 e. The molecule has 0 fully saturated rings. The molecule has 2 aromatic rings. The summed E-state index contributed by atoms with van der Waals surface area (Å²) >= 11 is 0. The van der Waals surface area contributed by atoms with Gasteiger partial charge in [-0.3, -0.25) is 0 Å². The third-order valence-corrected chi connectivity index (χ3v) is 2.91. The van der Waals surface area contributed by atoms with Crippen molar-refractivity contribution in [3.63, 3.8) is 0 Å². The monoisotopic (exact) mass is 244 g/mol. The van der Waals surface area contributed by atoms with Gasteiger partial charge in [0, 0.05) is 17.0 Å². The second-order valence-corrected chi connectivity index (χ2v) is 4.67. The molecule has 0 spiro atoms. The first-order chi connectivity index (χ1) is 8.49. The number of allylic oxidation sites excluding steroid dienone is 2. The Morgan fingerprint density at radius 1 is 1.39 bits per heavy atom. The van der Waals surface area contributed by atoms with Gasteiger partial charge in [0.15, 0.2) is 0 Å². The van der Waals surface area contributed by atoms with E-state index in [4.69, 9.17) is 4.42 Å². The molecule has 0 radical (unpaired) electrons. The van der Waals surface area contributed by atoms with E-state index < -0.39 is 0 Å². The summed E-state index contributed by atoms with van der Waals surface area (Å²) in [7, 11) is 0. The molecular formula is C15H16O3. The van der Waals surface area contributed by atoms with E-state index in [9.17, 15) is 9.90 Å². The molecule has 0 aliphatic heterocycles. The van der Waals surface area contributed by atoms with Crippen molar-refractivity contribution in [1.82, 2.24) is 0 Å². The Kier molecular flexibility index (Phi) is 3.24. The predicted octanol–water partition coefficient (Wildman–Crippen LogP) is 3.32. The highest BCUT2D eigenvalue weighted by Crippen LogP contribution is 2.28. The SMILES string of the molecule is CC(C)=CCc1c(O)ccc2c(C)cc(=O)oc12. The summed E-state index contributed by atoms with van der Waals surface area (Å²) in [6.07, 6.45) is 2.55. The van der Waals surface area contributed by atoms with Gasteiger partial charge in [-0.15, -0.1) is 0 Å². The molecule has 0 atom stereocenters. The van der Waals surface area contributed by atoms with Gasteiger partial charge in [-0.25, -0.2) is 4.79 Å². The van der Waals surface area contributed by atoms with Crippen molar-refractivity contribution in [3.05, 3.63) is 51.4 Å². The van der Waals surface area contributed by atoms with Gasteiger partial charge in [-0.2, -0.15) is 0 Å². The van der Waals surface area contributed by atoms with Gasteiger partial charge < -0.3 is 9.52 Å². The highest BCUT2D eigenvalue weighted by molar-refractivity contribution is 5.85. The van der Waals surface area contributed by atoms with Crippen LogP contribution in [0.1, 0.15) is 25.0 Å². The molecule has 1 N–H and O–H groups in total. The molecule has 18 heavy (non-hydrogen) atoms. The predicted molar refractivity (Wildman–Crippen MR) is 72.0 cm³/mol. The maximum Gasteiger partial charge on any atom is 0.336 e. The first-order valence-corrected chi connectivity index (χ1v) is 5.87. The van der Waals surface area contributed by atoms with Crippen LogP contribution in [-0.2, 0) is 6.42 Å². The molecule has 0 saturated carbocycles. The van der Waals surface area contributed by atoms with Gasteiger partial charge in [-0.05, 0) is 44.9 Å². The number of aromatic hydroxyl groups is 1. The minimum absolute atomic E-state index is 0.161. The highest BCUT2D eigenvalue weighted by Gasteiger charge is 2.10. The summed E-state index contributed by atoms with van der Waals surface area (Å²) in [5.74, 6) is 0.161. The van der Waals surface area contributed by atoms with Crippen LogP contribution in [0.2, 0.25) is 0 Å². The van der Waals surface area contributed by atoms with Crippen molar-refractivity contribution in [2.45, 2.75) is 27.2 Å². The number of phenolic OH excluding ortho intramolecular Hbond substituents is 1. The van der Waals surface area contributed by atoms with Crippen molar-refractivity contribution in [3.8, 4) is 5.75 Å². The molecule has 3 nitrogen and oxygen atoms in total. The van der Waals surface area contributed by atoms with Gasteiger partial charge in [0.2, 0.25) is 0 Å². The molecule has 0 amide bonds. The number of benzene rings is 1. The Morgan fingerprint density at radius 3 is 2.78 bits per heavy atom. The van der Waals surface area contributed by atoms with Crippen LogP contribution in [0.25, 0.3) is 11.0 Å².